The van der Waals surface area contributed by atoms with Crippen molar-refractivity contribution < 1.29 is 20.9 Å². The number of halogens is 2. The minimum absolute atomic E-state index is 0. The SMILES string of the molecule is C[SiH](C)[Zr]([C]1=CC(C(C)(C)C)=CC1)[C]1=CC(C(C)(C)C)=CC1.Cl.Cl. The van der Waals surface area contributed by atoms with Crippen molar-refractivity contribution in [1.29, 1.82) is 0 Å². The molecule has 0 atom stereocenters. The van der Waals surface area contributed by atoms with Crippen LogP contribution in [0.2, 0.25) is 13.1 Å². The number of hydrogen-bond donors (Lipinski definition) is 0. The maximum absolute atomic E-state index is 2.61. The third-order valence-corrected chi connectivity index (χ3v) is 23.9. The second kappa shape index (κ2) is 9.03. The molecule has 0 fully saturated rings. The van der Waals surface area contributed by atoms with Gasteiger partial charge in [0.05, 0.1) is 0 Å². The van der Waals surface area contributed by atoms with Crippen molar-refractivity contribution in [3.63, 3.8) is 0 Å². The van der Waals surface area contributed by atoms with E-state index in [0.717, 1.165) is 0 Å². The molecule has 2 aliphatic carbocycles. The van der Waals surface area contributed by atoms with Gasteiger partial charge in [-0.3, -0.25) is 0 Å². The van der Waals surface area contributed by atoms with Crippen LogP contribution in [0.4, 0.5) is 0 Å². The van der Waals surface area contributed by atoms with Gasteiger partial charge in [0, 0.05) is 0 Å². The Morgan fingerprint density at radius 2 is 1.08 bits per heavy atom. The Hall–Kier alpha value is 0.640. The van der Waals surface area contributed by atoms with Crippen molar-refractivity contribution in [2.24, 2.45) is 10.8 Å². The summed E-state index contributed by atoms with van der Waals surface area (Å²) in [6, 6.07) is 0. The second-order valence-electron chi connectivity index (χ2n) is 9.13. The summed E-state index contributed by atoms with van der Waals surface area (Å²) in [5.74, 6) is -0.561. The standard InChI is InChI=1S/2C9H13.C2H7Si.2ClH.Zr/c2*1-9(2,3)8-6-4-5-7-8;1-3-2;;;/h2*6-7H,4H2,1-3H3;3H,1-2H3;2*1H;. The van der Waals surface area contributed by atoms with Gasteiger partial charge in [0.2, 0.25) is 0 Å². The van der Waals surface area contributed by atoms with Crippen LogP contribution < -0.4 is 0 Å². The molecule has 24 heavy (non-hydrogen) atoms. The van der Waals surface area contributed by atoms with Crippen LogP contribution in [0, 0.1) is 10.8 Å². The summed E-state index contributed by atoms with van der Waals surface area (Å²) in [6.07, 6.45) is 12.8. The fourth-order valence-corrected chi connectivity index (χ4v) is 22.3. The Balaban J connectivity index is 0.00000264. The van der Waals surface area contributed by atoms with Crippen molar-refractivity contribution in [3.8, 4) is 0 Å². The van der Waals surface area contributed by atoms with E-state index in [1.807, 2.05) is 6.56 Å². The molecule has 0 saturated heterocycles. The van der Waals surface area contributed by atoms with Gasteiger partial charge in [-0.25, -0.2) is 0 Å². The molecule has 0 saturated carbocycles. The van der Waals surface area contributed by atoms with E-state index in [4.69, 9.17) is 0 Å². The molecule has 0 spiro atoms. The normalized spacial score (nSPS) is 17.5. The molecule has 4 heteroatoms. The molecule has 0 aliphatic heterocycles. The third kappa shape index (κ3) is 5.83. The van der Waals surface area contributed by atoms with Crippen LogP contribution >= 0.6 is 24.8 Å². The quantitative estimate of drug-likeness (QED) is 0.396. The predicted molar refractivity (Wildman–Crippen MR) is 114 cm³/mol. The van der Waals surface area contributed by atoms with Crippen LogP contribution in [0.15, 0.2) is 42.0 Å². The summed E-state index contributed by atoms with van der Waals surface area (Å²) >= 11 is -1.55. The number of hydrogen-bond acceptors (Lipinski definition) is 0. The van der Waals surface area contributed by atoms with Crippen molar-refractivity contribution in [2.75, 3.05) is 0 Å². The number of allylic oxidation sites excluding steroid dienone is 8. The molecule has 0 aromatic rings. The largest absolute Gasteiger partial charge is 0.147 e. The molecule has 0 radical (unpaired) electrons. The molecule has 2 aliphatic rings. The first-order chi connectivity index (χ1) is 10.00. The first-order valence-corrected chi connectivity index (χ1v) is 18.3. The molecule has 0 N–H and O–H groups in total. The molecule has 2 rings (SSSR count). The van der Waals surface area contributed by atoms with E-state index in [0.29, 0.717) is 10.8 Å². The topological polar surface area (TPSA) is 0 Å². The second-order valence-corrected chi connectivity index (χ2v) is 28.6. The van der Waals surface area contributed by atoms with Crippen LogP contribution in [0.25, 0.3) is 0 Å². The Morgan fingerprint density at radius 3 is 1.29 bits per heavy atom. The first-order valence-electron chi connectivity index (χ1n) is 8.70. The zero-order valence-corrected chi connectivity index (χ0v) is 21.9. The molecule has 0 nitrogen and oxygen atoms in total. The van der Waals surface area contributed by atoms with Gasteiger partial charge in [0.1, 0.15) is 0 Å². The van der Waals surface area contributed by atoms with Crippen LogP contribution in [0.3, 0.4) is 0 Å². The Morgan fingerprint density at radius 1 is 0.750 bits per heavy atom. The molecular formula is C20H35Cl2SiZr. The van der Waals surface area contributed by atoms with Gasteiger partial charge in [0.15, 0.2) is 0 Å². The summed E-state index contributed by atoms with van der Waals surface area (Å²) in [4.78, 5) is 0. The van der Waals surface area contributed by atoms with Gasteiger partial charge in [0.25, 0.3) is 0 Å². The van der Waals surface area contributed by atoms with E-state index < -0.39 is 26.8 Å². The zero-order chi connectivity index (χ0) is 16.7. The van der Waals surface area contributed by atoms with E-state index in [1.165, 1.54) is 12.8 Å². The smallest absolute Gasteiger partial charge is 0.147 e. The molecule has 0 heterocycles. The molecule has 0 amide bonds. The fraction of sp³-hybridized carbons (Fsp3) is 0.600. The van der Waals surface area contributed by atoms with E-state index in [9.17, 15) is 0 Å². The van der Waals surface area contributed by atoms with Crippen molar-refractivity contribution in [1.82, 2.24) is 0 Å². The predicted octanol–water partition coefficient (Wildman–Crippen LogP) is 6.95. The van der Waals surface area contributed by atoms with E-state index in [2.05, 4.69) is 78.9 Å². The van der Waals surface area contributed by atoms with Crippen LogP contribution in [0.1, 0.15) is 54.4 Å². The first kappa shape index (κ1) is 24.6. The van der Waals surface area contributed by atoms with Crippen molar-refractivity contribution >= 4 is 30.7 Å². The van der Waals surface area contributed by atoms with Gasteiger partial charge >= 0.3 is 147 Å². The molecule has 0 bridgehead atoms. The Kier molecular flexibility index (Phi) is 9.27. The maximum Gasteiger partial charge on any atom is -0.147 e. The average Bonchev–Trinajstić information content (AvgIpc) is 2.95. The van der Waals surface area contributed by atoms with E-state index in [-0.39, 0.29) is 24.8 Å². The van der Waals surface area contributed by atoms with E-state index in [1.54, 1.807) is 11.1 Å². The summed E-state index contributed by atoms with van der Waals surface area (Å²) in [6.45, 7) is 19.3. The fourth-order valence-electron chi connectivity index (χ4n) is 3.42. The zero-order valence-electron chi connectivity index (χ0n) is 16.6. The van der Waals surface area contributed by atoms with Gasteiger partial charge in [-0.05, 0) is 0 Å². The maximum atomic E-state index is 2.61. The third-order valence-electron chi connectivity index (χ3n) is 4.74. The molecule has 0 aromatic heterocycles. The Labute approximate surface area is 171 Å². The van der Waals surface area contributed by atoms with Crippen molar-refractivity contribution in [2.45, 2.75) is 67.5 Å². The molecule has 0 unspecified atom stereocenters. The monoisotopic (exact) mass is 463 g/mol. The minimum Gasteiger partial charge on any atom is -0.147 e. The summed E-state index contributed by atoms with van der Waals surface area (Å²) < 4.78 is 3.76. The average molecular weight is 466 g/mol. The summed E-state index contributed by atoms with van der Waals surface area (Å²) in [5, 5.41) is 0. The molecular weight excluding hydrogens is 430 g/mol. The summed E-state index contributed by atoms with van der Waals surface area (Å²) in [5.41, 5.74) is 3.79. The van der Waals surface area contributed by atoms with Gasteiger partial charge < -0.3 is 0 Å². The molecule has 0 aromatic carbocycles. The van der Waals surface area contributed by atoms with Gasteiger partial charge in [-0.2, -0.15) is 0 Å². The van der Waals surface area contributed by atoms with Crippen LogP contribution in [-0.2, 0) is 20.9 Å². The van der Waals surface area contributed by atoms with Crippen LogP contribution in [-0.4, -0.2) is 5.92 Å². The van der Waals surface area contributed by atoms with E-state index >= 15 is 0 Å². The minimum atomic E-state index is -1.55. The summed E-state index contributed by atoms with van der Waals surface area (Å²) in [7, 11) is 0. The Bertz CT molecular complexity index is 521. The van der Waals surface area contributed by atoms with Gasteiger partial charge in [-0.15, -0.1) is 24.8 Å². The molecule has 137 valence electrons. The number of rotatable bonds is 3. The van der Waals surface area contributed by atoms with Gasteiger partial charge in [-0.1, -0.05) is 0 Å². The van der Waals surface area contributed by atoms with Crippen molar-refractivity contribution in [3.05, 3.63) is 42.0 Å². The van der Waals surface area contributed by atoms with Crippen LogP contribution in [0.5, 0.6) is 0 Å².